The summed E-state index contributed by atoms with van der Waals surface area (Å²) < 4.78 is -0.259. The second-order valence-corrected chi connectivity index (χ2v) is 7.63. The summed E-state index contributed by atoms with van der Waals surface area (Å²) in [5.74, 6) is 1.20. The van der Waals surface area contributed by atoms with E-state index >= 15 is 0 Å². The Morgan fingerprint density at radius 2 is 2.44 bits per heavy atom. The van der Waals surface area contributed by atoms with E-state index in [0.717, 1.165) is 48.9 Å². The second kappa shape index (κ2) is 4.83. The van der Waals surface area contributed by atoms with Crippen LogP contribution in [0, 0.1) is 0 Å². The van der Waals surface area contributed by atoms with Crippen LogP contribution in [-0.4, -0.2) is 27.9 Å². The number of thiazole rings is 1. The zero-order chi connectivity index (χ0) is 12.6. The van der Waals surface area contributed by atoms with Gasteiger partial charge in [0, 0.05) is 24.4 Å². The molecule has 0 aliphatic carbocycles. The molecule has 3 rings (SSSR count). The van der Waals surface area contributed by atoms with Crippen LogP contribution in [0.2, 0.25) is 0 Å². The minimum absolute atomic E-state index is 0.115. The van der Waals surface area contributed by atoms with Gasteiger partial charge < -0.3 is 10.6 Å². The maximum Gasteiger partial charge on any atom is 0.242 e. The number of nitrogens with one attached hydrogen (secondary N) is 2. The van der Waals surface area contributed by atoms with Gasteiger partial charge in [0.25, 0.3) is 0 Å². The van der Waals surface area contributed by atoms with Crippen molar-refractivity contribution in [3.05, 3.63) is 10.6 Å². The third-order valence-corrected chi connectivity index (χ3v) is 6.05. The lowest BCUT2D eigenvalue weighted by atomic mass is 10.1. The number of aromatic nitrogens is 1. The number of anilines is 1. The van der Waals surface area contributed by atoms with Gasteiger partial charge in [-0.25, -0.2) is 4.98 Å². The molecule has 1 amide bonds. The van der Waals surface area contributed by atoms with Crippen LogP contribution in [0.25, 0.3) is 0 Å². The largest absolute Gasteiger partial charge is 0.311 e. The van der Waals surface area contributed by atoms with E-state index in [1.54, 1.807) is 23.1 Å². The minimum Gasteiger partial charge on any atom is -0.311 e. The summed E-state index contributed by atoms with van der Waals surface area (Å²) in [7, 11) is 0. The van der Waals surface area contributed by atoms with Gasteiger partial charge in [-0.3, -0.25) is 4.79 Å². The van der Waals surface area contributed by atoms with Crippen LogP contribution in [-0.2, 0) is 17.8 Å². The zero-order valence-corrected chi connectivity index (χ0v) is 12.0. The molecular weight excluding hydrogens is 266 g/mol. The molecule has 2 aliphatic heterocycles. The average Bonchev–Trinajstić information content (AvgIpc) is 2.95. The van der Waals surface area contributed by atoms with E-state index < -0.39 is 0 Å². The first kappa shape index (κ1) is 12.4. The Bertz CT molecular complexity index is 442. The highest BCUT2D eigenvalue weighted by atomic mass is 32.2. The Labute approximate surface area is 115 Å². The molecule has 1 fully saturated rings. The molecule has 1 aromatic rings. The van der Waals surface area contributed by atoms with Crippen molar-refractivity contribution in [2.24, 2.45) is 0 Å². The van der Waals surface area contributed by atoms with Crippen molar-refractivity contribution in [3.8, 4) is 0 Å². The molecule has 1 aromatic heterocycles. The zero-order valence-electron chi connectivity index (χ0n) is 10.4. The molecule has 2 aliphatic rings. The predicted octanol–water partition coefficient (Wildman–Crippen LogP) is 2.01. The Balaban J connectivity index is 1.72. The van der Waals surface area contributed by atoms with Crippen LogP contribution in [0.5, 0.6) is 0 Å². The van der Waals surface area contributed by atoms with Crippen LogP contribution in [0.1, 0.15) is 30.3 Å². The Kier molecular flexibility index (Phi) is 3.34. The summed E-state index contributed by atoms with van der Waals surface area (Å²) in [5.41, 5.74) is 1.15. The van der Waals surface area contributed by atoms with Crippen molar-refractivity contribution in [1.82, 2.24) is 10.3 Å². The van der Waals surface area contributed by atoms with E-state index in [0.29, 0.717) is 0 Å². The van der Waals surface area contributed by atoms with Gasteiger partial charge in [0.05, 0.1) is 10.4 Å². The number of thioether (sulfide) groups is 1. The Hall–Kier alpha value is -0.590. The van der Waals surface area contributed by atoms with Crippen molar-refractivity contribution < 1.29 is 4.79 Å². The van der Waals surface area contributed by atoms with Crippen LogP contribution >= 0.6 is 23.1 Å². The number of amides is 1. The van der Waals surface area contributed by atoms with Gasteiger partial charge >= 0.3 is 0 Å². The highest BCUT2D eigenvalue weighted by molar-refractivity contribution is 8.01. The molecule has 0 spiro atoms. The lowest BCUT2D eigenvalue weighted by molar-refractivity contribution is -0.118. The van der Waals surface area contributed by atoms with Crippen LogP contribution in [0.4, 0.5) is 5.13 Å². The number of nitrogens with zero attached hydrogens (tertiary/aromatic N) is 1. The molecule has 1 unspecified atom stereocenters. The number of carbonyl (C=O) groups excluding carboxylic acids is 1. The number of hydrogen-bond acceptors (Lipinski definition) is 5. The smallest absolute Gasteiger partial charge is 0.242 e. The van der Waals surface area contributed by atoms with E-state index in [4.69, 9.17) is 0 Å². The van der Waals surface area contributed by atoms with Crippen LogP contribution < -0.4 is 10.6 Å². The fraction of sp³-hybridized carbons (Fsp3) is 0.667. The molecule has 1 atom stereocenters. The first-order chi connectivity index (χ1) is 8.67. The summed E-state index contributed by atoms with van der Waals surface area (Å²) in [4.78, 5) is 18.1. The Morgan fingerprint density at radius 3 is 3.17 bits per heavy atom. The summed E-state index contributed by atoms with van der Waals surface area (Å²) in [6, 6.07) is 0. The molecule has 0 saturated carbocycles. The van der Waals surface area contributed by atoms with Gasteiger partial charge in [0.2, 0.25) is 5.91 Å². The van der Waals surface area contributed by atoms with Gasteiger partial charge in [-0.15, -0.1) is 23.1 Å². The second-order valence-electron chi connectivity index (χ2n) is 4.95. The number of hydrogen-bond donors (Lipinski definition) is 2. The first-order valence-corrected chi connectivity index (χ1v) is 8.12. The molecule has 0 aromatic carbocycles. The van der Waals surface area contributed by atoms with Gasteiger partial charge in [-0.2, -0.15) is 0 Å². The average molecular weight is 283 g/mol. The molecular formula is C12H17N3OS2. The molecule has 0 radical (unpaired) electrons. The summed E-state index contributed by atoms with van der Waals surface area (Å²) >= 11 is 3.37. The maximum atomic E-state index is 12.3. The van der Waals surface area contributed by atoms with E-state index in [2.05, 4.69) is 15.6 Å². The number of carbonyl (C=O) groups is 1. The van der Waals surface area contributed by atoms with Gasteiger partial charge in [-0.05, 0) is 25.5 Å². The Morgan fingerprint density at radius 1 is 1.56 bits per heavy atom. The van der Waals surface area contributed by atoms with E-state index in [-0.39, 0.29) is 10.7 Å². The highest BCUT2D eigenvalue weighted by Crippen LogP contribution is 2.39. The quantitative estimate of drug-likeness (QED) is 0.872. The van der Waals surface area contributed by atoms with Crippen molar-refractivity contribution >= 4 is 34.1 Å². The summed E-state index contributed by atoms with van der Waals surface area (Å²) in [6.07, 6.45) is 3.07. The molecule has 18 heavy (non-hydrogen) atoms. The molecule has 4 nitrogen and oxygen atoms in total. The maximum absolute atomic E-state index is 12.3. The van der Waals surface area contributed by atoms with Gasteiger partial charge in [0.1, 0.15) is 0 Å². The third kappa shape index (κ3) is 2.29. The lowest BCUT2D eigenvalue weighted by Gasteiger charge is -2.20. The van der Waals surface area contributed by atoms with Crippen LogP contribution in [0.15, 0.2) is 0 Å². The monoisotopic (exact) mass is 283 g/mol. The van der Waals surface area contributed by atoms with Crippen molar-refractivity contribution in [1.29, 1.82) is 0 Å². The molecule has 0 bridgehead atoms. The standard InChI is InChI=1S/C12H17N3OS2/c1-12(4-2-6-17-12)10(16)15-11-14-8-3-5-13-7-9(8)18-11/h13H,2-7H2,1H3,(H,14,15,16). The summed E-state index contributed by atoms with van der Waals surface area (Å²) in [6.45, 7) is 3.90. The first-order valence-electron chi connectivity index (χ1n) is 6.32. The fourth-order valence-corrected chi connectivity index (χ4v) is 4.55. The van der Waals surface area contributed by atoms with E-state index in [1.807, 2.05) is 6.92 Å². The predicted molar refractivity (Wildman–Crippen MR) is 76.3 cm³/mol. The molecule has 6 heteroatoms. The van der Waals surface area contributed by atoms with Gasteiger partial charge in [-0.1, -0.05) is 0 Å². The molecule has 1 saturated heterocycles. The molecule has 98 valence electrons. The third-order valence-electron chi connectivity index (χ3n) is 3.52. The van der Waals surface area contributed by atoms with E-state index in [9.17, 15) is 4.79 Å². The van der Waals surface area contributed by atoms with Crippen molar-refractivity contribution in [2.45, 2.75) is 37.5 Å². The summed E-state index contributed by atoms with van der Waals surface area (Å²) in [5, 5.41) is 7.09. The topological polar surface area (TPSA) is 54.0 Å². The number of fused-ring (bicyclic) bond motifs is 1. The van der Waals surface area contributed by atoms with Crippen LogP contribution in [0.3, 0.4) is 0 Å². The SMILES string of the molecule is CC1(C(=O)Nc2nc3c(s2)CNCC3)CCCS1. The van der Waals surface area contributed by atoms with Crippen molar-refractivity contribution in [3.63, 3.8) is 0 Å². The normalized spacial score (nSPS) is 26.9. The minimum atomic E-state index is -0.259. The molecule has 3 heterocycles. The fourth-order valence-electron chi connectivity index (χ4n) is 2.37. The van der Waals surface area contributed by atoms with Crippen molar-refractivity contribution in [2.75, 3.05) is 17.6 Å². The highest BCUT2D eigenvalue weighted by Gasteiger charge is 2.37. The number of rotatable bonds is 2. The lowest BCUT2D eigenvalue weighted by Crippen LogP contribution is -2.34. The van der Waals surface area contributed by atoms with E-state index in [1.165, 1.54) is 4.88 Å². The molecule has 2 N–H and O–H groups in total. The van der Waals surface area contributed by atoms with Gasteiger partial charge in [0.15, 0.2) is 5.13 Å².